The number of hydrogen-bond donors (Lipinski definition) is 2. The number of hydrogen-bond acceptors (Lipinski definition) is 4. The molecular formula is C9H11IN2O4. The number of nitrogens with one attached hydrogen (secondary N) is 1. The highest BCUT2D eigenvalue weighted by Crippen LogP contribution is 2.39. The molecule has 2 heterocycles. The molecule has 16 heavy (non-hydrogen) atoms. The zero-order chi connectivity index (χ0) is 11.8. The second-order valence-electron chi connectivity index (χ2n) is 3.63. The molecular weight excluding hydrogens is 327 g/mol. The Morgan fingerprint density at radius 3 is 3.00 bits per heavy atom. The van der Waals surface area contributed by atoms with Crippen LogP contribution in [-0.4, -0.2) is 27.4 Å². The average Bonchev–Trinajstić information content (AvgIpc) is 2.61. The van der Waals surface area contributed by atoms with Gasteiger partial charge < -0.3 is 9.84 Å². The Morgan fingerprint density at radius 1 is 1.69 bits per heavy atom. The molecule has 0 radical (unpaired) electrons. The van der Waals surface area contributed by atoms with Crippen LogP contribution in [0.25, 0.3) is 0 Å². The third-order valence-corrected chi connectivity index (χ3v) is 3.82. The largest absolute Gasteiger partial charge is 0.394 e. The topological polar surface area (TPSA) is 84.3 Å². The summed E-state index contributed by atoms with van der Waals surface area (Å²) in [6.07, 6.45) is 2.46. The Labute approximate surface area is 104 Å². The van der Waals surface area contributed by atoms with Gasteiger partial charge in [-0.3, -0.25) is 14.3 Å². The second-order valence-corrected chi connectivity index (χ2v) is 5.32. The van der Waals surface area contributed by atoms with Gasteiger partial charge in [0, 0.05) is 18.7 Å². The van der Waals surface area contributed by atoms with Crippen LogP contribution in [0.2, 0.25) is 0 Å². The SMILES string of the molecule is O=c1ccn([C@@]2(I)CC[C@@H](CO)O2)c(=O)[nH]1. The molecule has 7 heteroatoms. The fourth-order valence-electron chi connectivity index (χ4n) is 1.70. The van der Waals surface area contributed by atoms with E-state index in [1.54, 1.807) is 0 Å². The molecule has 0 saturated carbocycles. The number of aliphatic hydroxyl groups excluding tert-OH is 1. The summed E-state index contributed by atoms with van der Waals surface area (Å²) in [7, 11) is 0. The highest BCUT2D eigenvalue weighted by molar-refractivity contribution is 14.1. The van der Waals surface area contributed by atoms with E-state index in [4.69, 9.17) is 9.84 Å². The molecule has 0 bridgehead atoms. The van der Waals surface area contributed by atoms with Gasteiger partial charge >= 0.3 is 5.69 Å². The summed E-state index contributed by atoms with van der Waals surface area (Å²) in [5.41, 5.74) is -0.932. The summed E-state index contributed by atoms with van der Waals surface area (Å²) < 4.78 is 6.11. The predicted molar refractivity (Wildman–Crippen MR) is 64.5 cm³/mol. The van der Waals surface area contributed by atoms with Crippen molar-refractivity contribution in [1.82, 2.24) is 9.55 Å². The van der Waals surface area contributed by atoms with Gasteiger partial charge in [-0.15, -0.1) is 0 Å². The molecule has 1 saturated heterocycles. The predicted octanol–water partition coefficient (Wildman–Crippen LogP) is -0.247. The zero-order valence-electron chi connectivity index (χ0n) is 8.35. The molecule has 1 aromatic rings. The van der Waals surface area contributed by atoms with Crippen molar-refractivity contribution >= 4 is 22.6 Å². The number of H-pyrrole nitrogens is 1. The van der Waals surface area contributed by atoms with Crippen molar-refractivity contribution in [2.45, 2.75) is 22.7 Å². The van der Waals surface area contributed by atoms with Crippen LogP contribution in [0.3, 0.4) is 0 Å². The number of rotatable bonds is 2. The van der Waals surface area contributed by atoms with Crippen LogP contribution in [0, 0.1) is 0 Å². The second kappa shape index (κ2) is 4.30. The van der Waals surface area contributed by atoms with E-state index in [1.807, 2.05) is 22.6 Å². The Kier molecular flexibility index (Phi) is 3.17. The number of alkyl halides is 1. The van der Waals surface area contributed by atoms with Crippen molar-refractivity contribution in [1.29, 1.82) is 0 Å². The first-order valence-electron chi connectivity index (χ1n) is 4.85. The van der Waals surface area contributed by atoms with E-state index in [2.05, 4.69) is 4.98 Å². The van der Waals surface area contributed by atoms with Crippen LogP contribution in [0.4, 0.5) is 0 Å². The lowest BCUT2D eigenvalue weighted by Crippen LogP contribution is -2.40. The van der Waals surface area contributed by atoms with Gasteiger partial charge in [-0.2, -0.15) is 0 Å². The van der Waals surface area contributed by atoms with Crippen molar-refractivity contribution in [2.24, 2.45) is 0 Å². The smallest absolute Gasteiger partial charge is 0.331 e. The summed E-state index contributed by atoms with van der Waals surface area (Å²) in [6.45, 7) is -0.0666. The average molecular weight is 338 g/mol. The first-order valence-corrected chi connectivity index (χ1v) is 5.93. The van der Waals surface area contributed by atoms with E-state index in [9.17, 15) is 9.59 Å². The van der Waals surface area contributed by atoms with Crippen LogP contribution in [-0.2, 0) is 8.47 Å². The lowest BCUT2D eigenvalue weighted by Gasteiger charge is -2.24. The molecule has 2 atom stereocenters. The Balaban J connectivity index is 2.37. The first kappa shape index (κ1) is 11.8. The van der Waals surface area contributed by atoms with Gasteiger partial charge in [-0.05, 0) is 29.0 Å². The molecule has 1 aliphatic rings. The summed E-state index contributed by atoms with van der Waals surface area (Å²) in [5.74, 6) is 0. The number of ether oxygens (including phenoxy) is 1. The maximum absolute atomic E-state index is 11.6. The van der Waals surface area contributed by atoms with Gasteiger partial charge in [-0.1, -0.05) is 0 Å². The summed E-state index contributed by atoms with van der Waals surface area (Å²) >= 11 is 2.01. The van der Waals surface area contributed by atoms with Crippen molar-refractivity contribution in [3.8, 4) is 0 Å². The van der Waals surface area contributed by atoms with Gasteiger partial charge in [0.15, 0.2) is 0 Å². The van der Waals surface area contributed by atoms with E-state index in [-0.39, 0.29) is 12.7 Å². The first-order chi connectivity index (χ1) is 7.55. The molecule has 0 amide bonds. The lowest BCUT2D eigenvalue weighted by atomic mass is 10.2. The quantitative estimate of drug-likeness (QED) is 0.576. The highest BCUT2D eigenvalue weighted by atomic mass is 127. The monoisotopic (exact) mass is 338 g/mol. The van der Waals surface area contributed by atoms with E-state index < -0.39 is 15.0 Å². The van der Waals surface area contributed by atoms with Crippen molar-refractivity contribution in [3.05, 3.63) is 33.1 Å². The fourth-order valence-corrected chi connectivity index (χ4v) is 2.75. The molecule has 0 aromatic carbocycles. The standard InChI is InChI=1S/C9H11IN2O4/c10-9(3-1-6(5-13)16-9)12-4-2-7(14)11-8(12)15/h2,4,6,13H,1,3,5H2,(H,11,14,15)/t6-,9-/m0/s1. The highest BCUT2D eigenvalue weighted by Gasteiger charge is 2.39. The van der Waals surface area contributed by atoms with Crippen molar-refractivity contribution < 1.29 is 9.84 Å². The molecule has 1 fully saturated rings. The minimum absolute atomic E-state index is 0.0666. The molecule has 0 unspecified atom stereocenters. The third kappa shape index (κ3) is 2.06. The van der Waals surface area contributed by atoms with Crippen LogP contribution >= 0.6 is 22.6 Å². The minimum atomic E-state index is -0.813. The van der Waals surface area contributed by atoms with Crippen molar-refractivity contribution in [2.75, 3.05) is 6.61 Å². The van der Waals surface area contributed by atoms with Gasteiger partial charge in [0.1, 0.15) is 0 Å². The van der Waals surface area contributed by atoms with Gasteiger partial charge in [-0.25, -0.2) is 4.79 Å². The normalized spacial score (nSPS) is 29.5. The van der Waals surface area contributed by atoms with Crippen molar-refractivity contribution in [3.63, 3.8) is 0 Å². The minimum Gasteiger partial charge on any atom is -0.394 e. The van der Waals surface area contributed by atoms with Crippen LogP contribution in [0.5, 0.6) is 0 Å². The number of aromatic nitrogens is 2. The maximum atomic E-state index is 11.6. The number of aliphatic hydroxyl groups is 1. The maximum Gasteiger partial charge on any atom is 0.331 e. The molecule has 1 aliphatic heterocycles. The zero-order valence-corrected chi connectivity index (χ0v) is 10.5. The van der Waals surface area contributed by atoms with Gasteiger partial charge in [0.05, 0.1) is 12.7 Å². The Bertz CT molecular complexity index is 497. The molecule has 0 aliphatic carbocycles. The number of halogens is 1. The third-order valence-electron chi connectivity index (χ3n) is 2.51. The van der Waals surface area contributed by atoms with Crippen LogP contribution in [0.15, 0.2) is 21.9 Å². The van der Waals surface area contributed by atoms with E-state index >= 15 is 0 Å². The van der Waals surface area contributed by atoms with Crippen LogP contribution in [0.1, 0.15) is 12.8 Å². The summed E-state index contributed by atoms with van der Waals surface area (Å²) in [6, 6.07) is 1.28. The number of nitrogens with zero attached hydrogens (tertiary/aromatic N) is 1. The van der Waals surface area contributed by atoms with Gasteiger partial charge in [0.25, 0.3) is 5.56 Å². The molecule has 0 spiro atoms. The Morgan fingerprint density at radius 2 is 2.44 bits per heavy atom. The van der Waals surface area contributed by atoms with E-state index in [1.165, 1.54) is 16.8 Å². The summed E-state index contributed by atoms with van der Waals surface area (Å²) in [5, 5.41) is 8.99. The van der Waals surface area contributed by atoms with E-state index in [0.29, 0.717) is 12.8 Å². The van der Waals surface area contributed by atoms with Crippen LogP contribution < -0.4 is 11.2 Å². The van der Waals surface area contributed by atoms with E-state index in [0.717, 1.165) is 0 Å². The Hall–Kier alpha value is -0.670. The summed E-state index contributed by atoms with van der Waals surface area (Å²) in [4.78, 5) is 24.7. The lowest BCUT2D eigenvalue weighted by molar-refractivity contribution is -0.0373. The van der Waals surface area contributed by atoms with Gasteiger partial charge in [0.2, 0.25) is 3.73 Å². The fraction of sp³-hybridized carbons (Fsp3) is 0.556. The molecule has 2 rings (SSSR count). The molecule has 2 N–H and O–H groups in total. The molecule has 88 valence electrons. The molecule has 1 aromatic heterocycles. The molecule has 6 nitrogen and oxygen atoms in total. The number of aromatic amines is 1.